The van der Waals surface area contributed by atoms with Crippen LogP contribution in [-0.4, -0.2) is 9.52 Å². The SMILES string of the molecule is CCc1ccccc1-c1c(-c2ccccc2)ccc2c1C=C(C(C)(C)C)[CH]2[Zr]([Cl])([Cl])[c]1cccc2c1[SiH2]c1ccccc1-2. The Labute approximate surface area is 270 Å². The first-order chi connectivity index (χ1) is 20.7. The third-order valence-electron chi connectivity index (χ3n) is 9.39. The number of aryl methyl sites for hydroxylation is 1. The van der Waals surface area contributed by atoms with Crippen molar-refractivity contribution in [3.05, 3.63) is 131 Å². The second-order valence-electron chi connectivity index (χ2n) is 12.9. The molecule has 0 fully saturated rings. The van der Waals surface area contributed by atoms with Crippen LogP contribution >= 0.6 is 17.0 Å². The molecule has 1 unspecified atom stereocenters. The molecular formula is C39H36Cl2SiZr. The number of hydrogen-bond donors (Lipinski definition) is 0. The third kappa shape index (κ3) is 4.90. The van der Waals surface area contributed by atoms with Gasteiger partial charge in [0.25, 0.3) is 0 Å². The van der Waals surface area contributed by atoms with Crippen LogP contribution in [0.2, 0.25) is 0 Å². The van der Waals surface area contributed by atoms with Crippen molar-refractivity contribution in [1.82, 2.24) is 0 Å². The molecule has 0 amide bonds. The van der Waals surface area contributed by atoms with Gasteiger partial charge >= 0.3 is 272 Å². The summed E-state index contributed by atoms with van der Waals surface area (Å²) in [6.07, 6.45) is 3.45. The Morgan fingerprint density at radius 1 is 0.698 bits per heavy atom. The second kappa shape index (κ2) is 11.1. The van der Waals surface area contributed by atoms with Crippen LogP contribution in [-0.2, 0) is 24.3 Å². The first-order valence-electron chi connectivity index (χ1n) is 15.3. The first-order valence-corrected chi connectivity index (χ1v) is 25.7. The van der Waals surface area contributed by atoms with Crippen molar-refractivity contribution in [3.63, 3.8) is 0 Å². The number of hydrogen-bond acceptors (Lipinski definition) is 0. The molecule has 1 heterocycles. The van der Waals surface area contributed by atoms with Crippen LogP contribution in [0, 0.1) is 5.41 Å². The van der Waals surface area contributed by atoms with E-state index in [1.165, 1.54) is 69.3 Å². The van der Waals surface area contributed by atoms with Gasteiger partial charge in [0.05, 0.1) is 0 Å². The van der Waals surface area contributed by atoms with E-state index in [1.807, 2.05) is 0 Å². The van der Waals surface area contributed by atoms with Crippen molar-refractivity contribution < 1.29 is 17.9 Å². The van der Waals surface area contributed by atoms with Gasteiger partial charge in [-0.25, -0.2) is 0 Å². The number of rotatable bonds is 5. The van der Waals surface area contributed by atoms with E-state index in [4.69, 9.17) is 17.0 Å². The maximum absolute atomic E-state index is 7.99. The summed E-state index contributed by atoms with van der Waals surface area (Å²) in [5.74, 6) is 0. The average Bonchev–Trinajstić information content (AvgIpc) is 3.61. The Morgan fingerprint density at radius 2 is 1.37 bits per heavy atom. The van der Waals surface area contributed by atoms with Crippen LogP contribution in [0.3, 0.4) is 0 Å². The Balaban J connectivity index is 1.48. The topological polar surface area (TPSA) is 0 Å². The Bertz CT molecular complexity index is 1900. The standard InChI is InChI=1S/C27H27.C12H9Si.2ClH.Zr/c1-5-19-11-9-10-14-23(19)26-24(20-12-7-6-8-13-20)16-15-21-17-22(18-25(21)26)27(2,3)4;1-3-7-11-9(5-1)10-6-2-4-8-12(10)13-11;;;/h6-18H,5H2,1-4H3;1-7H,13H2;2*1H;/q;;;;+2/p-2. The number of allylic oxidation sites excluding steroid dienone is 1. The fourth-order valence-electron chi connectivity index (χ4n) is 7.34. The average molecular weight is 695 g/mol. The van der Waals surface area contributed by atoms with Gasteiger partial charge in [0.15, 0.2) is 0 Å². The summed E-state index contributed by atoms with van der Waals surface area (Å²) < 4.78 is 1.32. The van der Waals surface area contributed by atoms with Crippen LogP contribution in [0.1, 0.15) is 48.0 Å². The molecule has 2 aliphatic rings. The molecule has 0 spiro atoms. The van der Waals surface area contributed by atoms with Gasteiger partial charge in [0, 0.05) is 0 Å². The van der Waals surface area contributed by atoms with E-state index in [9.17, 15) is 0 Å². The fourth-order valence-corrected chi connectivity index (χ4v) is 24.5. The number of fused-ring (bicyclic) bond motifs is 4. The van der Waals surface area contributed by atoms with Crippen LogP contribution in [0.15, 0.2) is 115 Å². The fraction of sp³-hybridized carbons (Fsp3) is 0.179. The third-order valence-corrected chi connectivity index (χ3v) is 23.6. The van der Waals surface area contributed by atoms with Crippen molar-refractivity contribution in [2.24, 2.45) is 5.41 Å². The normalized spacial score (nSPS) is 16.1. The molecule has 5 aromatic carbocycles. The van der Waals surface area contributed by atoms with Gasteiger partial charge in [-0.3, -0.25) is 0 Å². The summed E-state index contributed by atoms with van der Waals surface area (Å²) in [4.78, 5) is 0. The summed E-state index contributed by atoms with van der Waals surface area (Å²) in [5, 5.41) is 2.98. The maximum atomic E-state index is 7.99. The zero-order valence-corrected chi connectivity index (χ0v) is 30.6. The molecule has 0 saturated carbocycles. The van der Waals surface area contributed by atoms with E-state index >= 15 is 0 Å². The van der Waals surface area contributed by atoms with Gasteiger partial charge < -0.3 is 0 Å². The molecule has 43 heavy (non-hydrogen) atoms. The summed E-state index contributed by atoms with van der Waals surface area (Å²) in [5.41, 5.74) is 13.1. The quantitative estimate of drug-likeness (QED) is 0.158. The van der Waals surface area contributed by atoms with Gasteiger partial charge in [-0.1, -0.05) is 0 Å². The Kier molecular flexibility index (Phi) is 7.58. The van der Waals surface area contributed by atoms with Gasteiger partial charge in [-0.2, -0.15) is 0 Å². The first kappa shape index (κ1) is 29.2. The molecular weight excluding hydrogens is 659 g/mol. The van der Waals surface area contributed by atoms with E-state index in [0.29, 0.717) is 0 Å². The minimum atomic E-state index is -4.11. The molecule has 1 aliphatic carbocycles. The molecule has 0 radical (unpaired) electrons. The minimum absolute atomic E-state index is 0.0363. The molecule has 7 rings (SSSR count). The summed E-state index contributed by atoms with van der Waals surface area (Å²) >= 11 is -4.11. The summed E-state index contributed by atoms with van der Waals surface area (Å²) in [6.45, 7) is 9.22. The molecule has 214 valence electrons. The van der Waals surface area contributed by atoms with Crippen molar-refractivity contribution in [2.45, 2.75) is 37.7 Å². The van der Waals surface area contributed by atoms with Crippen molar-refractivity contribution in [1.29, 1.82) is 0 Å². The molecule has 0 nitrogen and oxygen atoms in total. The van der Waals surface area contributed by atoms with Crippen molar-refractivity contribution in [2.75, 3.05) is 0 Å². The van der Waals surface area contributed by atoms with E-state index < -0.39 is 27.4 Å². The number of halogens is 2. The van der Waals surface area contributed by atoms with Crippen LogP contribution in [0.5, 0.6) is 0 Å². The van der Waals surface area contributed by atoms with Crippen LogP contribution in [0.4, 0.5) is 0 Å². The van der Waals surface area contributed by atoms with Gasteiger partial charge in [0.1, 0.15) is 0 Å². The molecule has 1 atom stereocenters. The van der Waals surface area contributed by atoms with Crippen molar-refractivity contribution in [3.8, 4) is 33.4 Å². The van der Waals surface area contributed by atoms with E-state index in [-0.39, 0.29) is 9.04 Å². The zero-order valence-electron chi connectivity index (χ0n) is 25.2. The predicted octanol–water partition coefficient (Wildman–Crippen LogP) is 8.95. The summed E-state index contributed by atoms with van der Waals surface area (Å²) in [6, 6.07) is 40.0. The molecule has 0 saturated heterocycles. The van der Waals surface area contributed by atoms with Gasteiger partial charge in [-0.15, -0.1) is 0 Å². The Morgan fingerprint density at radius 3 is 2.12 bits per heavy atom. The van der Waals surface area contributed by atoms with E-state index in [2.05, 4.69) is 143 Å². The zero-order chi connectivity index (χ0) is 29.9. The second-order valence-corrected chi connectivity index (χ2v) is 28.8. The van der Waals surface area contributed by atoms with Gasteiger partial charge in [0.2, 0.25) is 0 Å². The van der Waals surface area contributed by atoms with Crippen LogP contribution in [0.25, 0.3) is 39.5 Å². The monoisotopic (exact) mass is 692 g/mol. The molecule has 5 aromatic rings. The summed E-state index contributed by atoms with van der Waals surface area (Å²) in [7, 11) is 15.3. The molecule has 4 heteroatoms. The molecule has 1 aliphatic heterocycles. The van der Waals surface area contributed by atoms with E-state index in [0.717, 1.165) is 6.42 Å². The van der Waals surface area contributed by atoms with E-state index in [1.54, 1.807) is 0 Å². The molecule has 0 aromatic heterocycles. The number of benzene rings is 5. The predicted molar refractivity (Wildman–Crippen MR) is 188 cm³/mol. The van der Waals surface area contributed by atoms with Crippen molar-refractivity contribution >= 4 is 46.3 Å². The van der Waals surface area contributed by atoms with Gasteiger partial charge in [-0.05, 0) is 0 Å². The molecule has 0 N–H and O–H groups in total. The van der Waals surface area contributed by atoms with Crippen LogP contribution < -0.4 is 13.6 Å². The molecule has 0 bridgehead atoms. The Hall–Kier alpha value is -2.48.